The first-order valence-electron chi connectivity index (χ1n) is 10.0. The summed E-state index contributed by atoms with van der Waals surface area (Å²) in [5, 5.41) is 23.0. The number of benzene rings is 1. The summed E-state index contributed by atoms with van der Waals surface area (Å²) in [4.78, 5) is 39.3. The number of aromatic nitrogens is 4. The van der Waals surface area contributed by atoms with Gasteiger partial charge in [0.05, 0.1) is 6.04 Å². The summed E-state index contributed by atoms with van der Waals surface area (Å²) in [5.74, 6) is -1.00. The quantitative estimate of drug-likeness (QED) is 0.436. The molecule has 11 nitrogen and oxygen atoms in total. The van der Waals surface area contributed by atoms with Crippen molar-refractivity contribution in [3.63, 3.8) is 0 Å². The fraction of sp³-hybridized carbons (Fsp3) is 0.333. The Morgan fingerprint density at radius 1 is 1.19 bits per heavy atom. The first-order chi connectivity index (χ1) is 15.1. The molecule has 170 valence electrons. The van der Waals surface area contributed by atoms with E-state index in [0.29, 0.717) is 6.42 Å². The highest BCUT2D eigenvalue weighted by Gasteiger charge is 2.26. The summed E-state index contributed by atoms with van der Waals surface area (Å²) < 4.78 is 2.29. The molecule has 0 fully saturated rings. The number of H-pyrrole nitrogens is 1. The second kappa shape index (κ2) is 9.00. The summed E-state index contributed by atoms with van der Waals surface area (Å²) in [7, 11) is 6.03. The van der Waals surface area contributed by atoms with E-state index in [1.165, 1.54) is 23.7 Å². The van der Waals surface area contributed by atoms with Gasteiger partial charge in [0.25, 0.3) is 17.0 Å². The van der Waals surface area contributed by atoms with Crippen molar-refractivity contribution in [2.24, 2.45) is 14.1 Å². The number of aromatic hydroxyl groups is 1. The predicted molar refractivity (Wildman–Crippen MR) is 122 cm³/mol. The molecule has 0 bridgehead atoms. The molecule has 2 aromatic heterocycles. The molecule has 0 aliphatic carbocycles. The number of nitrogens with one attached hydrogen (secondary N) is 3. The molecule has 0 radical (unpaired) electrons. The van der Waals surface area contributed by atoms with Crippen LogP contribution in [0.5, 0.6) is 5.75 Å². The van der Waals surface area contributed by atoms with Gasteiger partial charge in [-0.15, -0.1) is 0 Å². The number of nitrogens with zero attached hydrogens (tertiary/aromatic N) is 4. The number of anilines is 3. The summed E-state index contributed by atoms with van der Waals surface area (Å²) >= 11 is 0. The van der Waals surface area contributed by atoms with Gasteiger partial charge in [-0.1, -0.05) is 37.3 Å². The highest BCUT2D eigenvalue weighted by molar-refractivity contribution is 5.97. The van der Waals surface area contributed by atoms with Gasteiger partial charge in [0.15, 0.2) is 17.3 Å². The Hall–Kier alpha value is -4.02. The first kappa shape index (κ1) is 22.7. The zero-order valence-corrected chi connectivity index (χ0v) is 18.6. The van der Waals surface area contributed by atoms with Gasteiger partial charge in [-0.05, 0) is 12.0 Å². The lowest BCUT2D eigenvalue weighted by molar-refractivity contribution is 0.0814. The number of hydrogen-bond donors (Lipinski definition) is 4. The Morgan fingerprint density at radius 3 is 2.44 bits per heavy atom. The molecule has 0 aliphatic rings. The Balaban J connectivity index is 2.08. The van der Waals surface area contributed by atoms with E-state index in [4.69, 9.17) is 0 Å². The molecule has 4 N–H and O–H groups in total. The highest BCUT2D eigenvalue weighted by Crippen LogP contribution is 2.31. The van der Waals surface area contributed by atoms with Gasteiger partial charge >= 0.3 is 0 Å². The van der Waals surface area contributed by atoms with Crippen LogP contribution in [0.1, 0.15) is 35.4 Å². The molecule has 11 heteroatoms. The third kappa shape index (κ3) is 4.22. The summed E-state index contributed by atoms with van der Waals surface area (Å²) in [6, 6.07) is 9.29. The van der Waals surface area contributed by atoms with Crippen LogP contribution in [0.3, 0.4) is 0 Å². The number of amides is 1. The minimum Gasteiger partial charge on any atom is -0.503 e. The number of carbonyl (C=O) groups is 1. The molecule has 1 atom stereocenters. The van der Waals surface area contributed by atoms with E-state index in [1.54, 1.807) is 14.1 Å². The van der Waals surface area contributed by atoms with Crippen LogP contribution in [0.15, 0.2) is 39.9 Å². The van der Waals surface area contributed by atoms with Crippen LogP contribution in [0.4, 0.5) is 17.2 Å². The molecule has 2 heterocycles. The van der Waals surface area contributed by atoms with Gasteiger partial charge in [0, 0.05) is 28.2 Å². The van der Waals surface area contributed by atoms with Crippen LogP contribution >= 0.6 is 0 Å². The molecule has 1 unspecified atom stereocenters. The maximum Gasteiger partial charge on any atom is 0.290 e. The van der Waals surface area contributed by atoms with Crippen LogP contribution in [0.25, 0.3) is 0 Å². The van der Waals surface area contributed by atoms with E-state index in [0.717, 1.165) is 10.2 Å². The maximum atomic E-state index is 12.9. The normalized spacial score (nSPS) is 11.8. The number of aryl methyl sites for hydroxylation is 2. The number of aromatic amines is 1. The minimum atomic E-state index is -0.594. The molecule has 0 spiro atoms. The van der Waals surface area contributed by atoms with Crippen LogP contribution < -0.4 is 21.8 Å². The van der Waals surface area contributed by atoms with Crippen molar-refractivity contribution >= 4 is 23.1 Å². The van der Waals surface area contributed by atoms with Crippen molar-refractivity contribution in [2.75, 3.05) is 24.7 Å². The van der Waals surface area contributed by atoms with Crippen molar-refractivity contribution in [1.82, 2.24) is 24.5 Å². The van der Waals surface area contributed by atoms with Crippen molar-refractivity contribution in [3.8, 4) is 5.75 Å². The van der Waals surface area contributed by atoms with Gasteiger partial charge < -0.3 is 20.6 Å². The zero-order valence-electron chi connectivity index (χ0n) is 18.6. The Bertz CT molecular complexity index is 1240. The number of hydrogen-bond acceptors (Lipinski definition) is 7. The molecule has 3 rings (SSSR count). The molecule has 32 heavy (non-hydrogen) atoms. The van der Waals surface area contributed by atoms with Crippen molar-refractivity contribution in [2.45, 2.75) is 19.4 Å². The Kier molecular flexibility index (Phi) is 6.37. The summed E-state index contributed by atoms with van der Waals surface area (Å²) in [6.45, 7) is 1.96. The maximum absolute atomic E-state index is 12.9. The summed E-state index contributed by atoms with van der Waals surface area (Å²) in [5.41, 5.74) is -0.257. The van der Waals surface area contributed by atoms with Crippen molar-refractivity contribution < 1.29 is 9.90 Å². The highest BCUT2D eigenvalue weighted by atomic mass is 16.3. The minimum absolute atomic E-state index is 0.0255. The number of carbonyl (C=O) groups excluding carboxylic acids is 1. The fourth-order valence-electron chi connectivity index (χ4n) is 3.35. The van der Waals surface area contributed by atoms with Gasteiger partial charge in [-0.2, -0.15) is 5.10 Å². The molecule has 1 amide bonds. The second-order valence-corrected chi connectivity index (χ2v) is 7.56. The van der Waals surface area contributed by atoms with Gasteiger partial charge in [-0.3, -0.25) is 28.8 Å². The molecular weight excluding hydrogens is 414 g/mol. The van der Waals surface area contributed by atoms with Crippen LogP contribution in [0.2, 0.25) is 0 Å². The third-order valence-electron chi connectivity index (χ3n) is 5.07. The number of rotatable bonds is 7. The molecule has 0 saturated heterocycles. The van der Waals surface area contributed by atoms with E-state index < -0.39 is 22.8 Å². The standard InChI is InChI=1S/C21H27N7O4/c1-6-13(12-10-8-7-9-11-12)22-15-14(19(30)25-28(5)20(15)31)23-18-17(29)16(27(4)24-18)21(32)26(2)3/h7-11,13,22,29H,6H2,1-5H3,(H,23,24)(H,25,30). The van der Waals surface area contributed by atoms with Crippen LogP contribution in [-0.2, 0) is 14.1 Å². The van der Waals surface area contributed by atoms with E-state index in [-0.39, 0.29) is 28.9 Å². The van der Waals surface area contributed by atoms with Crippen LogP contribution in [0, 0.1) is 0 Å². The summed E-state index contributed by atoms with van der Waals surface area (Å²) in [6.07, 6.45) is 0.649. The molecular formula is C21H27N7O4. The van der Waals surface area contributed by atoms with Crippen LogP contribution in [-0.4, -0.2) is 49.6 Å². The molecule has 0 aliphatic heterocycles. The lowest BCUT2D eigenvalue weighted by Crippen LogP contribution is -2.32. The van der Waals surface area contributed by atoms with Gasteiger partial charge in [0.1, 0.15) is 11.4 Å². The smallest absolute Gasteiger partial charge is 0.290 e. The van der Waals surface area contributed by atoms with Gasteiger partial charge in [-0.25, -0.2) is 0 Å². The molecule has 1 aromatic carbocycles. The SMILES string of the molecule is CCC(Nc1c(Nc2nn(C)c(C(=O)N(C)C)c2O)c(=O)[nH]n(C)c1=O)c1ccccc1. The van der Waals surface area contributed by atoms with E-state index in [1.807, 2.05) is 37.3 Å². The largest absolute Gasteiger partial charge is 0.503 e. The Morgan fingerprint density at radius 2 is 1.84 bits per heavy atom. The van der Waals surface area contributed by atoms with E-state index in [9.17, 15) is 19.5 Å². The van der Waals surface area contributed by atoms with Crippen molar-refractivity contribution in [1.29, 1.82) is 0 Å². The first-order valence-corrected chi connectivity index (χ1v) is 10.0. The molecule has 0 saturated carbocycles. The average molecular weight is 441 g/mol. The predicted octanol–water partition coefficient (Wildman–Crippen LogP) is 1.52. The zero-order chi connectivity index (χ0) is 23.6. The monoisotopic (exact) mass is 441 g/mol. The topological polar surface area (TPSA) is 137 Å². The lowest BCUT2D eigenvalue weighted by Gasteiger charge is -2.20. The van der Waals surface area contributed by atoms with E-state index >= 15 is 0 Å². The fourth-order valence-corrected chi connectivity index (χ4v) is 3.35. The lowest BCUT2D eigenvalue weighted by atomic mass is 10.0. The Labute approximate surface area is 184 Å². The average Bonchev–Trinajstić information content (AvgIpc) is 3.04. The van der Waals surface area contributed by atoms with Crippen molar-refractivity contribution in [3.05, 3.63) is 62.3 Å². The van der Waals surface area contributed by atoms with E-state index in [2.05, 4.69) is 20.8 Å². The second-order valence-electron chi connectivity index (χ2n) is 7.56. The van der Waals surface area contributed by atoms with Gasteiger partial charge in [0.2, 0.25) is 0 Å². The molecule has 3 aromatic rings. The third-order valence-corrected chi connectivity index (χ3v) is 5.07.